The van der Waals surface area contributed by atoms with Crippen molar-refractivity contribution >= 4 is 11.4 Å². The molecule has 15 heavy (non-hydrogen) atoms. The van der Waals surface area contributed by atoms with Crippen LogP contribution in [-0.2, 0) is 6.42 Å². The first-order valence-corrected chi connectivity index (χ1v) is 5.97. The molecule has 2 heteroatoms. The van der Waals surface area contributed by atoms with Crippen molar-refractivity contribution in [2.24, 2.45) is 5.92 Å². The molecule has 2 nitrogen and oxygen atoms in total. The van der Waals surface area contributed by atoms with E-state index in [4.69, 9.17) is 5.73 Å². The zero-order valence-electron chi connectivity index (χ0n) is 9.08. The second-order valence-corrected chi connectivity index (χ2v) is 4.84. The van der Waals surface area contributed by atoms with E-state index in [1.165, 1.54) is 43.6 Å². The van der Waals surface area contributed by atoms with Crippen LogP contribution in [-0.4, -0.2) is 13.1 Å². The molecule has 1 fully saturated rings. The Morgan fingerprint density at radius 3 is 3.00 bits per heavy atom. The molecule has 1 aliphatic carbocycles. The molecule has 1 aliphatic heterocycles. The molecule has 0 atom stereocenters. The second kappa shape index (κ2) is 3.44. The number of nitrogens with zero attached hydrogens (tertiary/aromatic N) is 1. The van der Waals surface area contributed by atoms with E-state index in [0.717, 1.165) is 18.0 Å². The highest BCUT2D eigenvalue weighted by Gasteiger charge is 2.27. The summed E-state index contributed by atoms with van der Waals surface area (Å²) < 4.78 is 0. The second-order valence-electron chi connectivity index (χ2n) is 4.84. The summed E-state index contributed by atoms with van der Waals surface area (Å²) in [6.45, 7) is 2.46. The van der Waals surface area contributed by atoms with Crippen LogP contribution >= 0.6 is 0 Å². The van der Waals surface area contributed by atoms with Crippen LogP contribution in [0.2, 0.25) is 0 Å². The predicted molar refractivity (Wildman–Crippen MR) is 64.1 cm³/mol. The Kier molecular flexibility index (Phi) is 2.08. The normalized spacial score (nSPS) is 20.1. The highest BCUT2D eigenvalue weighted by Crippen LogP contribution is 2.36. The fraction of sp³-hybridized carbons (Fsp3) is 0.538. The van der Waals surface area contributed by atoms with Crippen molar-refractivity contribution in [3.05, 3.63) is 23.8 Å². The van der Waals surface area contributed by atoms with E-state index < -0.39 is 0 Å². The standard InChI is InChI=1S/C13H18N2/c14-12-4-1-5-13-11(12)3-2-8-15(13)9-10-6-7-10/h1,4-5,10H,2-3,6-9,14H2. The largest absolute Gasteiger partial charge is 0.398 e. The predicted octanol–water partition coefficient (Wildman–Crippen LogP) is 2.43. The lowest BCUT2D eigenvalue weighted by molar-refractivity contribution is 0.659. The molecule has 0 aromatic heterocycles. The molecule has 1 heterocycles. The molecule has 80 valence electrons. The Morgan fingerprint density at radius 1 is 1.33 bits per heavy atom. The van der Waals surface area contributed by atoms with Gasteiger partial charge in [-0.15, -0.1) is 0 Å². The van der Waals surface area contributed by atoms with E-state index in [1.807, 2.05) is 6.07 Å². The summed E-state index contributed by atoms with van der Waals surface area (Å²) in [6, 6.07) is 6.34. The minimum absolute atomic E-state index is 0.956. The SMILES string of the molecule is Nc1cccc2c1CCCN2CC1CC1. The van der Waals surface area contributed by atoms with Crippen molar-refractivity contribution in [2.45, 2.75) is 25.7 Å². The molecule has 0 unspecified atom stereocenters. The van der Waals surface area contributed by atoms with Gasteiger partial charge in [0, 0.05) is 24.5 Å². The average molecular weight is 202 g/mol. The van der Waals surface area contributed by atoms with Gasteiger partial charge in [-0.2, -0.15) is 0 Å². The number of hydrogen-bond donors (Lipinski definition) is 1. The Balaban J connectivity index is 1.91. The Hall–Kier alpha value is -1.18. The topological polar surface area (TPSA) is 29.3 Å². The smallest absolute Gasteiger partial charge is 0.0419 e. The minimum Gasteiger partial charge on any atom is -0.398 e. The molecule has 0 radical (unpaired) electrons. The van der Waals surface area contributed by atoms with Crippen LogP contribution < -0.4 is 10.6 Å². The fourth-order valence-electron chi connectivity index (χ4n) is 2.53. The third-order valence-electron chi connectivity index (χ3n) is 3.56. The molecule has 1 aromatic rings. The van der Waals surface area contributed by atoms with Crippen LogP contribution in [0.25, 0.3) is 0 Å². The average Bonchev–Trinajstić information content (AvgIpc) is 3.04. The van der Waals surface area contributed by atoms with Crippen LogP contribution in [0.3, 0.4) is 0 Å². The maximum atomic E-state index is 6.02. The zero-order chi connectivity index (χ0) is 10.3. The molecule has 2 N–H and O–H groups in total. The van der Waals surface area contributed by atoms with E-state index >= 15 is 0 Å². The Morgan fingerprint density at radius 2 is 2.20 bits per heavy atom. The van der Waals surface area contributed by atoms with Crippen LogP contribution in [0.1, 0.15) is 24.8 Å². The van der Waals surface area contributed by atoms with Crippen molar-refractivity contribution in [3.63, 3.8) is 0 Å². The maximum absolute atomic E-state index is 6.02. The first-order chi connectivity index (χ1) is 7.34. The number of nitrogen functional groups attached to an aromatic ring is 1. The van der Waals surface area contributed by atoms with Gasteiger partial charge in [0.1, 0.15) is 0 Å². The number of benzene rings is 1. The van der Waals surface area contributed by atoms with Crippen molar-refractivity contribution < 1.29 is 0 Å². The molecule has 0 amide bonds. The quantitative estimate of drug-likeness (QED) is 0.746. The number of hydrogen-bond acceptors (Lipinski definition) is 2. The van der Waals surface area contributed by atoms with Gasteiger partial charge in [0.2, 0.25) is 0 Å². The van der Waals surface area contributed by atoms with Gasteiger partial charge in [0.25, 0.3) is 0 Å². The van der Waals surface area contributed by atoms with E-state index in [0.29, 0.717) is 0 Å². The van der Waals surface area contributed by atoms with Crippen LogP contribution in [0.15, 0.2) is 18.2 Å². The highest BCUT2D eigenvalue weighted by atomic mass is 15.1. The molecule has 0 bridgehead atoms. The summed E-state index contributed by atoms with van der Waals surface area (Å²) in [5.41, 5.74) is 9.78. The van der Waals surface area contributed by atoms with Crippen LogP contribution in [0, 0.1) is 5.92 Å². The van der Waals surface area contributed by atoms with Crippen LogP contribution in [0.5, 0.6) is 0 Å². The molecule has 0 saturated heterocycles. The van der Waals surface area contributed by atoms with Gasteiger partial charge in [-0.3, -0.25) is 0 Å². The summed E-state index contributed by atoms with van der Waals surface area (Å²) in [7, 11) is 0. The maximum Gasteiger partial charge on any atom is 0.0419 e. The summed E-state index contributed by atoms with van der Waals surface area (Å²) in [4.78, 5) is 2.53. The van der Waals surface area contributed by atoms with Gasteiger partial charge in [0.15, 0.2) is 0 Å². The molecule has 3 rings (SSSR count). The van der Waals surface area contributed by atoms with Gasteiger partial charge in [-0.05, 0) is 49.3 Å². The lowest BCUT2D eigenvalue weighted by atomic mass is 9.99. The molecule has 0 spiro atoms. The van der Waals surface area contributed by atoms with E-state index in [1.54, 1.807) is 0 Å². The lowest BCUT2D eigenvalue weighted by Crippen LogP contribution is -2.31. The first kappa shape index (κ1) is 9.08. The van der Waals surface area contributed by atoms with Crippen molar-refractivity contribution in [1.29, 1.82) is 0 Å². The van der Waals surface area contributed by atoms with Crippen molar-refractivity contribution in [1.82, 2.24) is 0 Å². The van der Waals surface area contributed by atoms with Gasteiger partial charge in [-0.25, -0.2) is 0 Å². The Bertz CT molecular complexity index is 369. The molecule has 1 saturated carbocycles. The number of fused-ring (bicyclic) bond motifs is 1. The van der Waals surface area contributed by atoms with Crippen molar-refractivity contribution in [3.8, 4) is 0 Å². The van der Waals surface area contributed by atoms with Crippen molar-refractivity contribution in [2.75, 3.05) is 23.7 Å². The van der Waals surface area contributed by atoms with E-state index in [9.17, 15) is 0 Å². The Labute approximate surface area is 91.1 Å². The van der Waals surface area contributed by atoms with Gasteiger partial charge in [0.05, 0.1) is 0 Å². The van der Waals surface area contributed by atoms with Gasteiger partial charge in [-0.1, -0.05) is 6.07 Å². The molecular formula is C13H18N2. The zero-order valence-corrected chi connectivity index (χ0v) is 9.08. The molecular weight excluding hydrogens is 184 g/mol. The third-order valence-corrected chi connectivity index (χ3v) is 3.56. The summed E-state index contributed by atoms with van der Waals surface area (Å²) in [5, 5.41) is 0. The third kappa shape index (κ3) is 1.69. The number of anilines is 2. The summed E-state index contributed by atoms with van der Waals surface area (Å²) in [5.74, 6) is 0.956. The number of nitrogens with two attached hydrogens (primary N) is 1. The van der Waals surface area contributed by atoms with Gasteiger partial charge < -0.3 is 10.6 Å². The molecule has 1 aromatic carbocycles. The van der Waals surface area contributed by atoms with Gasteiger partial charge >= 0.3 is 0 Å². The fourth-order valence-corrected chi connectivity index (χ4v) is 2.53. The number of rotatable bonds is 2. The minimum atomic E-state index is 0.956. The van der Waals surface area contributed by atoms with E-state index in [-0.39, 0.29) is 0 Å². The van der Waals surface area contributed by atoms with E-state index in [2.05, 4.69) is 17.0 Å². The monoisotopic (exact) mass is 202 g/mol. The summed E-state index contributed by atoms with van der Waals surface area (Å²) in [6.07, 6.45) is 5.26. The highest BCUT2D eigenvalue weighted by molar-refractivity contribution is 5.66. The lowest BCUT2D eigenvalue weighted by Gasteiger charge is -2.32. The summed E-state index contributed by atoms with van der Waals surface area (Å²) >= 11 is 0. The first-order valence-electron chi connectivity index (χ1n) is 5.97. The molecule has 2 aliphatic rings. The van der Waals surface area contributed by atoms with Crippen LogP contribution in [0.4, 0.5) is 11.4 Å².